The molecule has 19 rings (SSSR count). The van der Waals surface area contributed by atoms with Crippen molar-refractivity contribution in [3.05, 3.63) is 382 Å². The molecule has 120 heavy (non-hydrogen) atoms. The van der Waals surface area contributed by atoms with Gasteiger partial charge in [-0.25, -0.2) is 0 Å². The fourth-order valence-corrected chi connectivity index (χ4v) is 20.9. The lowest BCUT2D eigenvalue weighted by Gasteiger charge is -2.29. The van der Waals surface area contributed by atoms with Crippen LogP contribution in [0.15, 0.2) is 315 Å². The van der Waals surface area contributed by atoms with Crippen LogP contribution in [0.25, 0.3) is 112 Å². The van der Waals surface area contributed by atoms with Gasteiger partial charge in [-0.05, 0) is 285 Å². The van der Waals surface area contributed by atoms with Crippen LogP contribution in [0.3, 0.4) is 0 Å². The van der Waals surface area contributed by atoms with Gasteiger partial charge in [-0.1, -0.05) is 378 Å². The zero-order valence-electron chi connectivity index (χ0n) is 70.7. The van der Waals surface area contributed by atoms with Gasteiger partial charge in [0.25, 0.3) is 0 Å². The normalized spacial score (nSPS) is 15.9. The average molecular weight is 1560 g/mol. The minimum Gasteiger partial charge on any atom is -0.310 e. The van der Waals surface area contributed by atoms with Gasteiger partial charge in [-0.2, -0.15) is 0 Å². The molecule has 0 spiro atoms. The van der Waals surface area contributed by atoms with Crippen LogP contribution < -0.4 is 9.80 Å². The first kappa shape index (κ1) is 77.8. The summed E-state index contributed by atoms with van der Waals surface area (Å²) in [6.07, 6.45) is 35.6. The predicted molar refractivity (Wildman–Crippen MR) is 519 cm³/mol. The van der Waals surface area contributed by atoms with Crippen molar-refractivity contribution in [3.8, 4) is 22.3 Å². The highest BCUT2D eigenvalue weighted by Gasteiger charge is 2.29. The highest BCUT2D eigenvalue weighted by atomic mass is 15.1. The van der Waals surface area contributed by atoms with E-state index in [1.807, 2.05) is 0 Å². The highest BCUT2D eigenvalue weighted by Crippen LogP contribution is 2.52. The maximum atomic E-state index is 2.52. The Balaban J connectivity index is 0.734. The summed E-state index contributed by atoms with van der Waals surface area (Å²) in [6.45, 7) is 8.79. The summed E-state index contributed by atoms with van der Waals surface area (Å²) in [7, 11) is 0. The van der Waals surface area contributed by atoms with E-state index in [9.17, 15) is 0 Å². The molecule has 0 bridgehead atoms. The Hall–Kier alpha value is -12.1. The van der Waals surface area contributed by atoms with Crippen LogP contribution >= 0.6 is 0 Å². The molecule has 0 amide bonds. The van der Waals surface area contributed by atoms with Crippen molar-refractivity contribution < 1.29 is 0 Å². The first-order valence-electron chi connectivity index (χ1n) is 45.3. The molecule has 594 valence electrons. The van der Waals surface area contributed by atoms with E-state index in [-0.39, 0.29) is 0 Å². The molecule has 0 N–H and O–H groups in total. The third kappa shape index (κ3) is 16.5. The molecule has 15 aromatic rings. The quantitative estimate of drug-likeness (QED) is 0.0554. The van der Waals surface area contributed by atoms with Crippen molar-refractivity contribution in [2.75, 3.05) is 9.80 Å². The zero-order valence-corrected chi connectivity index (χ0v) is 70.7. The first-order chi connectivity index (χ1) is 59.1. The second-order valence-corrected chi connectivity index (χ2v) is 35.4. The Morgan fingerprint density at radius 1 is 0.208 bits per heavy atom. The van der Waals surface area contributed by atoms with Gasteiger partial charge >= 0.3 is 0 Å². The number of benzene rings is 15. The number of nitrogens with zero attached hydrogens (tertiary/aromatic N) is 2. The van der Waals surface area contributed by atoms with Crippen LogP contribution in [0.4, 0.5) is 34.1 Å². The van der Waals surface area contributed by atoms with Crippen LogP contribution in [0, 0.1) is 51.4 Å². The van der Waals surface area contributed by atoms with Crippen molar-refractivity contribution in [2.24, 2.45) is 23.7 Å². The Bertz CT molecular complexity index is 5580. The topological polar surface area (TPSA) is 6.48 Å². The highest BCUT2D eigenvalue weighted by molar-refractivity contribution is 6.26. The van der Waals surface area contributed by atoms with Gasteiger partial charge in [0.1, 0.15) is 0 Å². The van der Waals surface area contributed by atoms with E-state index >= 15 is 0 Å². The maximum Gasteiger partial charge on any atom is 0.0540 e. The van der Waals surface area contributed by atoms with Gasteiger partial charge in [0.15, 0.2) is 0 Å². The molecular weight excluding hydrogens is 1450 g/mol. The lowest BCUT2D eigenvalue weighted by molar-refractivity contribution is 0.430. The molecule has 4 aliphatic rings. The van der Waals surface area contributed by atoms with E-state index < -0.39 is 0 Å². The molecule has 15 aromatic carbocycles. The molecule has 0 aliphatic heterocycles. The van der Waals surface area contributed by atoms with Crippen molar-refractivity contribution in [2.45, 2.75) is 156 Å². The van der Waals surface area contributed by atoms with Crippen molar-refractivity contribution in [3.63, 3.8) is 0 Å². The molecule has 2 nitrogen and oxygen atoms in total. The van der Waals surface area contributed by atoms with Crippen molar-refractivity contribution >= 4 is 124 Å². The molecule has 0 atom stereocenters. The predicted octanol–water partition coefficient (Wildman–Crippen LogP) is 34.3. The molecule has 0 unspecified atom stereocenters. The number of aryl methyl sites for hydroxylation is 4. The summed E-state index contributed by atoms with van der Waals surface area (Å²) >= 11 is 0. The van der Waals surface area contributed by atoms with Gasteiger partial charge in [0.05, 0.1) is 11.4 Å². The summed E-state index contributed by atoms with van der Waals surface area (Å²) < 4.78 is 0. The van der Waals surface area contributed by atoms with Crippen LogP contribution in [0.5, 0.6) is 0 Å². The van der Waals surface area contributed by atoms with Crippen LogP contribution in [0.2, 0.25) is 0 Å². The Morgan fingerprint density at radius 2 is 0.417 bits per heavy atom. The van der Waals surface area contributed by atoms with Crippen LogP contribution in [-0.4, -0.2) is 0 Å². The number of rotatable bonds is 20. The third-order valence-corrected chi connectivity index (χ3v) is 27.4. The van der Waals surface area contributed by atoms with E-state index in [4.69, 9.17) is 0 Å². The summed E-state index contributed by atoms with van der Waals surface area (Å²) in [5, 5.41) is 9.72. The van der Waals surface area contributed by atoms with Crippen molar-refractivity contribution in [1.82, 2.24) is 0 Å². The third-order valence-electron chi connectivity index (χ3n) is 27.4. The second-order valence-electron chi connectivity index (χ2n) is 35.4. The van der Waals surface area contributed by atoms with E-state index in [2.05, 4.69) is 377 Å². The molecule has 0 aromatic heterocycles. The molecule has 0 radical (unpaired) electrons. The molecule has 0 heterocycles. The van der Waals surface area contributed by atoms with Gasteiger partial charge in [-0.15, -0.1) is 0 Å². The number of anilines is 6. The summed E-state index contributed by atoms with van der Waals surface area (Å²) in [5.74, 6) is 2.20. The minimum atomic E-state index is 0.551. The summed E-state index contributed by atoms with van der Waals surface area (Å²) in [5.41, 5.74) is 33.1. The van der Waals surface area contributed by atoms with E-state index in [0.29, 0.717) is 23.7 Å². The molecule has 2 heteroatoms. The number of hydrogen-bond acceptors (Lipinski definition) is 2. The SMILES string of the molecule is Cc1ccc(/C(=C/c2ccc(N(c3ccc(/C=C(/c4ccc(C)cc4)C4CCCCC4)cc3)c3ccc(-c4c5ccccc5c(-c5ccc(N(c6ccc(/C=C(/c7ccc(C)cc7)C7CCCCC7)cc6)c6ccc(/C=C(/c7ccc(C)cc7)C7CCCCC7)cc6)c6ccccc56)c5ccccc45)c4ccccc34)cc2)C2CCCCC2)cc1. The number of hydrogen-bond donors (Lipinski definition) is 0. The maximum absolute atomic E-state index is 2.52. The first-order valence-corrected chi connectivity index (χ1v) is 45.3. The van der Waals surface area contributed by atoms with E-state index in [1.54, 1.807) is 0 Å². The van der Waals surface area contributed by atoms with Crippen LogP contribution in [-0.2, 0) is 0 Å². The largest absolute Gasteiger partial charge is 0.310 e. The smallest absolute Gasteiger partial charge is 0.0540 e. The fourth-order valence-electron chi connectivity index (χ4n) is 20.9. The standard InChI is InChI=1S/C118H112N2/c1-81-41-57-93(58-42-81)111(89-25-9-5-10-26-89)77-85-49-65-97(66-50-85)119(98-67-51-86(52-68-98)78-112(90-27-11-6-12-28-90)94-59-43-82(2)44-60-94)115-75-73-109(101-33-17-19-35-103(101)115)117-105-37-21-23-39-107(105)118(108-40-24-22-38-106(108)117)110-74-76-116(104-36-20-18-34-102(104)110)120(99-69-53-87(54-70-99)79-113(91-29-13-7-14-30-91)95-61-45-83(3)46-62-95)100-71-55-88(56-72-100)80-114(92-31-15-8-16-32-92)96-63-47-84(4)48-64-96/h17-24,33-80,89-92H,5-16,25-32H2,1-4H3/b111-77+,112-78+,113-79+,114-80+. The van der Waals surface area contributed by atoms with Gasteiger partial charge in [0.2, 0.25) is 0 Å². The molecule has 4 aliphatic carbocycles. The zero-order chi connectivity index (χ0) is 80.8. The van der Waals surface area contributed by atoms with Crippen LogP contribution in [0.1, 0.15) is 195 Å². The molecule has 4 saturated carbocycles. The Labute approximate surface area is 713 Å². The second kappa shape index (κ2) is 35.4. The molecule has 4 fully saturated rings. The number of fused-ring (bicyclic) bond motifs is 4. The lowest BCUT2D eigenvalue weighted by Crippen LogP contribution is -2.11. The van der Waals surface area contributed by atoms with Crippen molar-refractivity contribution in [1.29, 1.82) is 0 Å². The lowest BCUT2D eigenvalue weighted by atomic mass is 9.80. The minimum absolute atomic E-state index is 0.551. The average Bonchev–Trinajstić information content (AvgIpc) is 0.717. The summed E-state index contributed by atoms with van der Waals surface area (Å²) in [6, 6.07) is 122. The number of allylic oxidation sites excluding steroid dienone is 4. The molecular formula is C118H112N2. The van der Waals surface area contributed by atoms with Gasteiger partial charge in [0, 0.05) is 33.5 Å². The summed E-state index contributed by atoms with van der Waals surface area (Å²) in [4.78, 5) is 5.04. The van der Waals surface area contributed by atoms with Gasteiger partial charge < -0.3 is 9.80 Å². The van der Waals surface area contributed by atoms with E-state index in [1.165, 1.54) is 283 Å². The van der Waals surface area contributed by atoms with Gasteiger partial charge in [-0.3, -0.25) is 0 Å². The fraction of sp³-hybridized carbons (Fsp3) is 0.237. The Morgan fingerprint density at radius 3 is 0.642 bits per heavy atom. The van der Waals surface area contributed by atoms with E-state index in [0.717, 1.165) is 34.1 Å². The molecule has 0 saturated heterocycles. The Kier molecular flexibility index (Phi) is 23.0. The monoisotopic (exact) mass is 1560 g/mol.